The predicted octanol–water partition coefficient (Wildman–Crippen LogP) is 15.5. The summed E-state index contributed by atoms with van der Waals surface area (Å²) in [6.07, 6.45) is 39.6. The Morgan fingerprint density at radius 3 is 1.05 bits per heavy atom. The van der Waals surface area contributed by atoms with Gasteiger partial charge in [-0.1, -0.05) is 121 Å². The molecule has 12 rings (SSSR count). The number of likely N-dealkylation sites (tertiary alicyclic amines) is 2. The highest BCUT2D eigenvalue weighted by Crippen LogP contribution is 2.27. The lowest BCUT2D eigenvalue weighted by molar-refractivity contribution is 0.238. The molecule has 0 spiro atoms. The molecular weight excluding hydrogens is 1040 g/mol. The van der Waals surface area contributed by atoms with E-state index < -0.39 is 0 Å². The van der Waals surface area contributed by atoms with Gasteiger partial charge in [0.15, 0.2) is 0 Å². The van der Waals surface area contributed by atoms with Crippen molar-refractivity contribution in [2.75, 3.05) is 66.5 Å². The summed E-state index contributed by atoms with van der Waals surface area (Å²) in [6, 6.07) is 47.2. The molecule has 2 N–H and O–H groups in total. The van der Waals surface area contributed by atoms with Crippen molar-refractivity contribution in [3.63, 3.8) is 0 Å². The molecule has 8 heterocycles. The molecule has 0 aliphatic carbocycles. The van der Waals surface area contributed by atoms with Crippen LogP contribution in [-0.2, 0) is 0 Å². The molecule has 0 saturated carbocycles. The molecule has 1 atom stereocenters. The van der Waals surface area contributed by atoms with Gasteiger partial charge in [0, 0.05) is 50.3 Å². The Balaban J connectivity index is 0.000000135. The number of benzene rings is 4. The lowest BCUT2D eigenvalue weighted by Gasteiger charge is -2.27. The average Bonchev–Trinajstić information content (AvgIpc) is 3.57. The molecule has 432 valence electrons. The van der Waals surface area contributed by atoms with Crippen LogP contribution in [-0.4, -0.2) is 96.2 Å². The van der Waals surface area contributed by atoms with Crippen LogP contribution in [0, 0.1) is 23.7 Å². The molecule has 4 aromatic heterocycles. The van der Waals surface area contributed by atoms with Crippen LogP contribution in [0.1, 0.15) is 60.8 Å². The van der Waals surface area contributed by atoms with E-state index in [4.69, 9.17) is 18.9 Å². The van der Waals surface area contributed by atoms with Gasteiger partial charge in [-0.15, -0.1) is 0 Å². The SMILES string of the molecule is C(=CC1CCNCC1)c1cncc(Oc2ccccc2)c1.C(=CC1CNC1)c1cncc(Oc2ccccc2)c1.CN1CCC(C=Cc2cncc(Oc3ccccc3)c2)CC1.CN1CCC[C@@H](C=Cc2cncc(Oc3ccccc3)c2)C1. The fourth-order valence-corrected chi connectivity index (χ4v) is 9.89. The second-order valence-corrected chi connectivity index (χ2v) is 21.7. The topological polar surface area (TPSA) is 119 Å². The molecular formula is C72H80N8O4. The second-order valence-electron chi connectivity index (χ2n) is 21.7. The maximum Gasteiger partial charge on any atom is 0.146 e. The highest BCUT2D eigenvalue weighted by atomic mass is 16.5. The van der Waals surface area contributed by atoms with Gasteiger partial charge in [-0.3, -0.25) is 19.9 Å². The molecule has 0 unspecified atom stereocenters. The van der Waals surface area contributed by atoms with Gasteiger partial charge in [0.05, 0.1) is 24.8 Å². The van der Waals surface area contributed by atoms with Crippen molar-refractivity contribution >= 4 is 24.3 Å². The van der Waals surface area contributed by atoms with E-state index in [0.29, 0.717) is 23.7 Å². The molecule has 0 amide bonds. The molecule has 0 radical (unpaired) electrons. The maximum absolute atomic E-state index is 5.82. The van der Waals surface area contributed by atoms with Gasteiger partial charge in [-0.05, 0) is 198 Å². The van der Waals surface area contributed by atoms with Crippen molar-refractivity contribution in [2.24, 2.45) is 23.7 Å². The van der Waals surface area contributed by atoms with E-state index in [9.17, 15) is 0 Å². The normalized spacial score (nSPS) is 17.0. The summed E-state index contributed by atoms with van der Waals surface area (Å²) in [5, 5.41) is 6.63. The van der Waals surface area contributed by atoms with Gasteiger partial charge in [-0.2, -0.15) is 0 Å². The van der Waals surface area contributed by atoms with Crippen LogP contribution in [0.3, 0.4) is 0 Å². The molecule has 12 heteroatoms. The lowest BCUT2D eigenvalue weighted by Crippen LogP contribution is -2.40. The number of hydrogen-bond acceptors (Lipinski definition) is 12. The molecule has 4 aromatic carbocycles. The van der Waals surface area contributed by atoms with E-state index in [-0.39, 0.29) is 0 Å². The summed E-state index contributed by atoms with van der Waals surface area (Å²) < 4.78 is 23.2. The zero-order chi connectivity index (χ0) is 57.6. The lowest BCUT2D eigenvalue weighted by atomic mass is 9.96. The Hall–Kier alpha value is -8.52. The van der Waals surface area contributed by atoms with Gasteiger partial charge in [0.1, 0.15) is 46.0 Å². The van der Waals surface area contributed by atoms with Gasteiger partial charge >= 0.3 is 0 Å². The van der Waals surface area contributed by atoms with Crippen LogP contribution >= 0.6 is 0 Å². The second kappa shape index (κ2) is 33.6. The number of hydrogen-bond donors (Lipinski definition) is 2. The first-order valence-corrected chi connectivity index (χ1v) is 29.6. The molecule has 4 fully saturated rings. The zero-order valence-electron chi connectivity index (χ0n) is 48.6. The third-order valence-corrected chi connectivity index (χ3v) is 14.7. The summed E-state index contributed by atoms with van der Waals surface area (Å²) in [6.45, 7) is 9.11. The van der Waals surface area contributed by atoms with Crippen LogP contribution in [0.15, 0.2) is 219 Å². The number of pyridine rings is 4. The fraction of sp³-hybridized carbons (Fsp3) is 0.278. The van der Waals surface area contributed by atoms with Crippen molar-refractivity contribution in [1.82, 2.24) is 40.4 Å². The quantitative estimate of drug-likeness (QED) is 0.0959. The zero-order valence-corrected chi connectivity index (χ0v) is 48.6. The first-order valence-electron chi connectivity index (χ1n) is 29.6. The molecule has 84 heavy (non-hydrogen) atoms. The van der Waals surface area contributed by atoms with E-state index in [1.165, 1.54) is 58.2 Å². The van der Waals surface area contributed by atoms with Crippen molar-refractivity contribution in [1.29, 1.82) is 0 Å². The number of para-hydroxylation sites is 4. The van der Waals surface area contributed by atoms with Crippen molar-refractivity contribution in [3.8, 4) is 46.0 Å². The summed E-state index contributed by atoms with van der Waals surface area (Å²) in [7, 11) is 4.38. The maximum atomic E-state index is 5.82. The summed E-state index contributed by atoms with van der Waals surface area (Å²) in [5.74, 6) is 9.04. The molecule has 4 aliphatic rings. The van der Waals surface area contributed by atoms with Crippen LogP contribution in [0.4, 0.5) is 0 Å². The van der Waals surface area contributed by atoms with E-state index in [1.807, 2.05) is 170 Å². The number of allylic oxidation sites excluding steroid dienone is 2. The Morgan fingerprint density at radius 2 is 0.702 bits per heavy atom. The standard InChI is InChI=1S/2C19H22N2O.C18H20N2O.C16H16N2O/c1-21-11-5-6-16(15-21)9-10-17-12-19(14-20-13-17)22-18-7-3-2-4-8-18;1-21-11-9-16(10-12-21)7-8-17-13-19(15-20-14-17)22-18-5-3-2-4-6-18;1-2-4-17(5-3-1)21-18-12-16(13-20-14-18)7-6-15-8-10-19-11-9-15;1-2-4-15(5-3-1)19-16-8-13(9-18-12-16)6-7-14-10-17-11-14/h2-4,7-10,12-14,16H,5-6,11,15H2,1H3;2-8,13-16H,9-12H2,1H3;1-7,12-15,19H,8-11H2;1-9,12,14,17H,10-11H2/t16-;;;/m0.../s1. The minimum atomic E-state index is 0.637. The number of piperidine rings is 3. The number of nitrogens with one attached hydrogen (secondary N) is 2. The first-order chi connectivity index (χ1) is 41.4. The average molecular weight is 1120 g/mol. The highest BCUT2D eigenvalue weighted by Gasteiger charge is 2.16. The minimum Gasteiger partial charge on any atom is -0.456 e. The third-order valence-electron chi connectivity index (χ3n) is 14.7. The van der Waals surface area contributed by atoms with E-state index in [2.05, 4.69) is 103 Å². The molecule has 12 nitrogen and oxygen atoms in total. The van der Waals surface area contributed by atoms with E-state index in [0.717, 1.165) is 101 Å². The van der Waals surface area contributed by atoms with Crippen molar-refractivity contribution in [2.45, 2.75) is 38.5 Å². The Bertz CT molecular complexity index is 3270. The van der Waals surface area contributed by atoms with Crippen LogP contribution < -0.4 is 29.6 Å². The molecule has 4 saturated heterocycles. The van der Waals surface area contributed by atoms with E-state index in [1.54, 1.807) is 24.8 Å². The summed E-state index contributed by atoms with van der Waals surface area (Å²) >= 11 is 0. The van der Waals surface area contributed by atoms with Crippen LogP contribution in [0.2, 0.25) is 0 Å². The molecule has 4 aliphatic heterocycles. The smallest absolute Gasteiger partial charge is 0.146 e. The molecule has 8 aromatic rings. The largest absolute Gasteiger partial charge is 0.456 e. The minimum absolute atomic E-state index is 0.637. The van der Waals surface area contributed by atoms with Gasteiger partial charge < -0.3 is 39.4 Å². The van der Waals surface area contributed by atoms with Gasteiger partial charge in [0.25, 0.3) is 0 Å². The molecule has 0 bridgehead atoms. The Morgan fingerprint density at radius 1 is 0.357 bits per heavy atom. The number of ether oxygens (including phenoxy) is 4. The fourth-order valence-electron chi connectivity index (χ4n) is 9.89. The third kappa shape index (κ3) is 21.7. The van der Waals surface area contributed by atoms with Gasteiger partial charge in [0.2, 0.25) is 0 Å². The highest BCUT2D eigenvalue weighted by molar-refractivity contribution is 5.54. The summed E-state index contributed by atoms with van der Waals surface area (Å²) in [5.41, 5.74) is 4.33. The predicted molar refractivity (Wildman–Crippen MR) is 342 cm³/mol. The van der Waals surface area contributed by atoms with Crippen LogP contribution in [0.25, 0.3) is 24.3 Å². The monoisotopic (exact) mass is 1120 g/mol. The number of nitrogens with zero attached hydrogens (tertiary/aromatic N) is 6. The number of rotatable bonds is 16. The van der Waals surface area contributed by atoms with Crippen molar-refractivity contribution in [3.05, 3.63) is 242 Å². The van der Waals surface area contributed by atoms with E-state index >= 15 is 0 Å². The van der Waals surface area contributed by atoms with Gasteiger partial charge in [-0.25, -0.2) is 0 Å². The van der Waals surface area contributed by atoms with Crippen molar-refractivity contribution < 1.29 is 18.9 Å². The van der Waals surface area contributed by atoms with Crippen LogP contribution in [0.5, 0.6) is 46.0 Å². The number of aromatic nitrogens is 4. The first kappa shape index (κ1) is 60.1. The Kier molecular flexibility index (Phi) is 24.0. The Labute approximate surface area is 497 Å². The summed E-state index contributed by atoms with van der Waals surface area (Å²) in [4.78, 5) is 21.8.